The molecule has 2 aliphatic rings. The van der Waals surface area contributed by atoms with Crippen LogP contribution in [0.25, 0.3) is 0 Å². The molecule has 1 aliphatic heterocycles. The number of carboxylic acids is 1. The SMILES string of the molecule is CN(CC1(C(=O)O)CC1)c1ccc2c(c1)CCO2. The monoisotopic (exact) mass is 247 g/mol. The number of benzene rings is 1. The Morgan fingerprint density at radius 1 is 1.50 bits per heavy atom. The quantitative estimate of drug-likeness (QED) is 0.883. The van der Waals surface area contributed by atoms with Gasteiger partial charge in [0.15, 0.2) is 0 Å². The second-order valence-corrected chi connectivity index (χ2v) is 5.33. The third kappa shape index (κ3) is 1.82. The summed E-state index contributed by atoms with van der Waals surface area (Å²) in [5.74, 6) is 0.297. The van der Waals surface area contributed by atoms with Crippen LogP contribution in [-0.2, 0) is 11.2 Å². The first-order valence-corrected chi connectivity index (χ1v) is 6.31. The fourth-order valence-electron chi connectivity index (χ4n) is 2.55. The molecule has 18 heavy (non-hydrogen) atoms. The molecule has 1 aliphatic carbocycles. The zero-order valence-electron chi connectivity index (χ0n) is 10.5. The lowest BCUT2D eigenvalue weighted by atomic mass is 10.1. The number of aliphatic carboxylic acids is 1. The summed E-state index contributed by atoms with van der Waals surface area (Å²) in [6, 6.07) is 6.09. The number of hydrogen-bond donors (Lipinski definition) is 1. The second kappa shape index (κ2) is 3.90. The molecule has 0 amide bonds. The Morgan fingerprint density at radius 3 is 2.94 bits per heavy atom. The van der Waals surface area contributed by atoms with E-state index in [0.29, 0.717) is 6.54 Å². The van der Waals surface area contributed by atoms with Gasteiger partial charge in [-0.15, -0.1) is 0 Å². The van der Waals surface area contributed by atoms with E-state index in [4.69, 9.17) is 4.74 Å². The minimum Gasteiger partial charge on any atom is -0.493 e. The second-order valence-electron chi connectivity index (χ2n) is 5.33. The third-order valence-corrected chi connectivity index (χ3v) is 3.96. The molecule has 1 N–H and O–H groups in total. The summed E-state index contributed by atoms with van der Waals surface area (Å²) < 4.78 is 5.47. The minimum atomic E-state index is -0.668. The Morgan fingerprint density at radius 2 is 2.28 bits per heavy atom. The predicted octanol–water partition coefficient (Wildman–Crippen LogP) is 1.92. The molecule has 1 aromatic rings. The average molecular weight is 247 g/mol. The number of fused-ring (bicyclic) bond motifs is 1. The molecule has 0 bridgehead atoms. The highest BCUT2D eigenvalue weighted by Crippen LogP contribution is 2.47. The lowest BCUT2D eigenvalue weighted by molar-refractivity contribution is -0.142. The zero-order valence-corrected chi connectivity index (χ0v) is 10.5. The largest absolute Gasteiger partial charge is 0.493 e. The Hall–Kier alpha value is -1.71. The Labute approximate surface area is 106 Å². The summed E-state index contributed by atoms with van der Waals surface area (Å²) >= 11 is 0. The maximum atomic E-state index is 11.2. The molecule has 96 valence electrons. The van der Waals surface area contributed by atoms with Gasteiger partial charge in [-0.1, -0.05) is 0 Å². The maximum Gasteiger partial charge on any atom is 0.311 e. The van der Waals surface area contributed by atoms with Crippen LogP contribution in [0.4, 0.5) is 5.69 Å². The van der Waals surface area contributed by atoms with Gasteiger partial charge in [0, 0.05) is 25.7 Å². The van der Waals surface area contributed by atoms with Gasteiger partial charge in [-0.3, -0.25) is 4.79 Å². The van der Waals surface area contributed by atoms with E-state index in [1.54, 1.807) is 0 Å². The van der Waals surface area contributed by atoms with E-state index < -0.39 is 11.4 Å². The molecule has 0 saturated heterocycles. The lowest BCUT2D eigenvalue weighted by Gasteiger charge is -2.23. The van der Waals surface area contributed by atoms with Crippen molar-refractivity contribution in [3.63, 3.8) is 0 Å². The minimum absolute atomic E-state index is 0.510. The number of ether oxygens (including phenoxy) is 1. The molecule has 0 spiro atoms. The van der Waals surface area contributed by atoms with Gasteiger partial charge in [-0.05, 0) is 36.6 Å². The summed E-state index contributed by atoms with van der Waals surface area (Å²) in [5.41, 5.74) is 1.79. The van der Waals surface area contributed by atoms with E-state index in [1.807, 2.05) is 24.1 Å². The molecule has 0 radical (unpaired) electrons. The van der Waals surface area contributed by atoms with Crippen molar-refractivity contribution in [2.75, 3.05) is 25.1 Å². The van der Waals surface area contributed by atoms with Gasteiger partial charge in [0.25, 0.3) is 0 Å². The Bertz CT molecular complexity index is 494. The van der Waals surface area contributed by atoms with Gasteiger partial charge >= 0.3 is 5.97 Å². The molecular weight excluding hydrogens is 230 g/mol. The first-order chi connectivity index (χ1) is 8.61. The Balaban J connectivity index is 1.77. The molecule has 1 aromatic carbocycles. The molecule has 0 aromatic heterocycles. The van der Waals surface area contributed by atoms with Crippen LogP contribution in [0.5, 0.6) is 5.75 Å². The van der Waals surface area contributed by atoms with E-state index in [0.717, 1.165) is 37.3 Å². The number of carboxylic acid groups (broad SMARTS) is 1. The lowest BCUT2D eigenvalue weighted by Crippen LogP contribution is -2.31. The first kappa shape index (κ1) is 11.4. The van der Waals surface area contributed by atoms with Gasteiger partial charge in [-0.2, -0.15) is 0 Å². The average Bonchev–Trinajstić information content (AvgIpc) is 2.98. The smallest absolute Gasteiger partial charge is 0.311 e. The fourth-order valence-corrected chi connectivity index (χ4v) is 2.55. The van der Waals surface area contributed by atoms with Crippen LogP contribution in [0.3, 0.4) is 0 Å². The molecule has 1 fully saturated rings. The van der Waals surface area contributed by atoms with Crippen molar-refractivity contribution < 1.29 is 14.6 Å². The van der Waals surface area contributed by atoms with Crippen molar-refractivity contribution in [3.8, 4) is 5.75 Å². The predicted molar refractivity (Wildman–Crippen MR) is 68.2 cm³/mol. The first-order valence-electron chi connectivity index (χ1n) is 6.31. The van der Waals surface area contributed by atoms with Crippen molar-refractivity contribution in [1.82, 2.24) is 0 Å². The van der Waals surface area contributed by atoms with Crippen molar-refractivity contribution in [2.24, 2.45) is 5.41 Å². The number of anilines is 1. The maximum absolute atomic E-state index is 11.2. The Kier molecular flexibility index (Phi) is 2.47. The van der Waals surface area contributed by atoms with E-state index in [2.05, 4.69) is 6.07 Å². The van der Waals surface area contributed by atoms with Crippen LogP contribution in [0, 0.1) is 5.41 Å². The number of rotatable bonds is 4. The van der Waals surface area contributed by atoms with Crippen LogP contribution in [-0.4, -0.2) is 31.3 Å². The van der Waals surface area contributed by atoms with Crippen LogP contribution in [0.1, 0.15) is 18.4 Å². The number of nitrogens with zero attached hydrogens (tertiary/aromatic N) is 1. The van der Waals surface area contributed by atoms with Crippen molar-refractivity contribution >= 4 is 11.7 Å². The molecule has 4 nitrogen and oxygen atoms in total. The fraction of sp³-hybridized carbons (Fsp3) is 0.500. The summed E-state index contributed by atoms with van der Waals surface area (Å²) in [4.78, 5) is 13.2. The van der Waals surface area contributed by atoms with Gasteiger partial charge in [0.05, 0.1) is 12.0 Å². The van der Waals surface area contributed by atoms with Gasteiger partial charge < -0.3 is 14.7 Å². The highest BCUT2D eigenvalue weighted by Gasteiger charge is 2.50. The van der Waals surface area contributed by atoms with Gasteiger partial charge in [-0.25, -0.2) is 0 Å². The highest BCUT2D eigenvalue weighted by molar-refractivity contribution is 5.78. The third-order valence-electron chi connectivity index (χ3n) is 3.96. The van der Waals surface area contributed by atoms with E-state index in [1.165, 1.54) is 5.56 Å². The van der Waals surface area contributed by atoms with Gasteiger partial charge in [0.1, 0.15) is 5.75 Å². The number of carbonyl (C=O) groups is 1. The zero-order chi connectivity index (χ0) is 12.8. The number of hydrogen-bond acceptors (Lipinski definition) is 3. The molecule has 0 atom stereocenters. The van der Waals surface area contributed by atoms with Crippen LogP contribution in [0.2, 0.25) is 0 Å². The summed E-state index contributed by atoms with van der Waals surface area (Å²) in [7, 11) is 1.96. The van der Waals surface area contributed by atoms with Crippen LogP contribution in [0.15, 0.2) is 18.2 Å². The topological polar surface area (TPSA) is 49.8 Å². The normalized spacial score (nSPS) is 18.9. The molecule has 1 saturated carbocycles. The van der Waals surface area contributed by atoms with E-state index >= 15 is 0 Å². The van der Waals surface area contributed by atoms with Crippen molar-refractivity contribution in [1.29, 1.82) is 0 Å². The molecular formula is C14H17NO3. The molecule has 4 heteroatoms. The van der Waals surface area contributed by atoms with Crippen LogP contribution < -0.4 is 9.64 Å². The van der Waals surface area contributed by atoms with Crippen LogP contribution >= 0.6 is 0 Å². The summed E-state index contributed by atoms with van der Waals surface area (Å²) in [6.07, 6.45) is 2.53. The van der Waals surface area contributed by atoms with Gasteiger partial charge in [0.2, 0.25) is 0 Å². The molecule has 3 rings (SSSR count). The summed E-state index contributed by atoms with van der Waals surface area (Å²) in [6.45, 7) is 1.34. The standard InChI is InChI=1S/C14H17NO3/c1-15(9-14(5-6-14)13(16)17)11-2-3-12-10(8-11)4-7-18-12/h2-3,8H,4-7,9H2,1H3,(H,16,17). The van der Waals surface area contributed by atoms with E-state index in [-0.39, 0.29) is 0 Å². The van der Waals surface area contributed by atoms with Crippen molar-refractivity contribution in [3.05, 3.63) is 23.8 Å². The molecule has 1 heterocycles. The summed E-state index contributed by atoms with van der Waals surface area (Å²) in [5, 5.41) is 9.21. The molecule has 0 unspecified atom stereocenters. The highest BCUT2D eigenvalue weighted by atomic mass is 16.5. The van der Waals surface area contributed by atoms with Crippen molar-refractivity contribution in [2.45, 2.75) is 19.3 Å². The van der Waals surface area contributed by atoms with E-state index in [9.17, 15) is 9.90 Å².